The van der Waals surface area contributed by atoms with E-state index in [4.69, 9.17) is 4.74 Å². The number of ketones is 1. The number of nitrogens with zero attached hydrogens (tertiary/aromatic N) is 1. The van der Waals surface area contributed by atoms with Crippen LogP contribution in [0.25, 0.3) is 16.5 Å². The fraction of sp³-hybridized carbons (Fsp3) is 0.129. The second-order valence-corrected chi connectivity index (χ2v) is 8.87. The molecule has 4 aromatic carbocycles. The Balaban J connectivity index is 1.71. The minimum Gasteiger partial charge on any atom is -0.507 e. The number of Topliss-reactive ketones (excluding diaryl/α,β-unsaturated/α-hetero) is 1. The monoisotopic (exact) mass is 491 g/mol. The average Bonchev–Trinajstić information content (AvgIpc) is 3.21. The van der Waals surface area contributed by atoms with Crippen molar-refractivity contribution in [3.8, 4) is 0 Å². The highest BCUT2D eigenvalue weighted by Gasteiger charge is 2.47. The Kier molecular flexibility index (Phi) is 6.32. The van der Waals surface area contributed by atoms with E-state index in [2.05, 4.69) is 0 Å². The number of benzene rings is 4. The summed E-state index contributed by atoms with van der Waals surface area (Å²) in [4.78, 5) is 40.4. The van der Waals surface area contributed by atoms with Crippen molar-refractivity contribution in [2.75, 3.05) is 12.0 Å². The molecule has 1 heterocycles. The zero-order chi connectivity index (χ0) is 26.1. The van der Waals surface area contributed by atoms with Crippen molar-refractivity contribution in [1.29, 1.82) is 0 Å². The first-order valence-corrected chi connectivity index (χ1v) is 12.0. The number of aryl methyl sites for hydroxylation is 1. The van der Waals surface area contributed by atoms with Crippen LogP contribution in [-0.2, 0) is 20.7 Å². The van der Waals surface area contributed by atoms with Crippen LogP contribution in [0.15, 0.2) is 96.6 Å². The molecule has 5 rings (SSSR count). The van der Waals surface area contributed by atoms with E-state index in [1.54, 1.807) is 30.3 Å². The maximum absolute atomic E-state index is 13.4. The molecule has 1 unspecified atom stereocenters. The lowest BCUT2D eigenvalue weighted by Gasteiger charge is -2.26. The molecular formula is C31H25NO5. The van der Waals surface area contributed by atoms with Crippen LogP contribution >= 0.6 is 0 Å². The number of carbonyl (C=O) groups excluding carboxylic acids is 3. The fourth-order valence-corrected chi connectivity index (χ4v) is 4.74. The molecule has 1 aliphatic rings. The molecule has 6 heteroatoms. The van der Waals surface area contributed by atoms with Crippen molar-refractivity contribution >= 4 is 39.9 Å². The number of methoxy groups -OCH3 is 1. The molecule has 0 bridgehead atoms. The molecule has 37 heavy (non-hydrogen) atoms. The Bertz CT molecular complexity index is 1570. The van der Waals surface area contributed by atoms with E-state index in [-0.39, 0.29) is 16.9 Å². The Labute approximate surface area is 214 Å². The molecule has 0 aromatic heterocycles. The number of aliphatic hydroxyl groups excluding tert-OH is 1. The number of hydrogen-bond donors (Lipinski definition) is 1. The second kappa shape index (κ2) is 9.74. The van der Waals surface area contributed by atoms with E-state index in [9.17, 15) is 19.5 Å². The molecule has 0 spiro atoms. The summed E-state index contributed by atoms with van der Waals surface area (Å²) in [6.07, 6.45) is 0.832. The zero-order valence-electron chi connectivity index (χ0n) is 20.5. The van der Waals surface area contributed by atoms with Gasteiger partial charge in [0.1, 0.15) is 5.76 Å². The molecule has 0 radical (unpaired) electrons. The maximum atomic E-state index is 13.4. The van der Waals surface area contributed by atoms with Crippen LogP contribution in [0.4, 0.5) is 5.69 Å². The molecule has 4 aromatic rings. The quantitative estimate of drug-likeness (QED) is 0.165. The first-order chi connectivity index (χ1) is 17.9. The van der Waals surface area contributed by atoms with Crippen LogP contribution in [0, 0.1) is 0 Å². The number of anilines is 1. The van der Waals surface area contributed by atoms with E-state index < -0.39 is 23.7 Å². The minimum absolute atomic E-state index is 0.00648. The van der Waals surface area contributed by atoms with Crippen LogP contribution in [0.2, 0.25) is 0 Å². The van der Waals surface area contributed by atoms with E-state index in [1.807, 2.05) is 61.5 Å². The normalized spacial score (nSPS) is 16.8. The van der Waals surface area contributed by atoms with Crippen molar-refractivity contribution in [3.05, 3.63) is 119 Å². The van der Waals surface area contributed by atoms with Crippen LogP contribution in [0.1, 0.15) is 40.0 Å². The van der Waals surface area contributed by atoms with Gasteiger partial charge in [0.25, 0.3) is 11.7 Å². The number of aliphatic hydroxyl groups is 1. The summed E-state index contributed by atoms with van der Waals surface area (Å²) in [5, 5.41) is 13.3. The van der Waals surface area contributed by atoms with Gasteiger partial charge in [0.2, 0.25) is 0 Å². The highest BCUT2D eigenvalue weighted by atomic mass is 16.5. The maximum Gasteiger partial charge on any atom is 0.337 e. The van der Waals surface area contributed by atoms with Gasteiger partial charge in [-0.05, 0) is 52.6 Å². The molecule has 1 fully saturated rings. The summed E-state index contributed by atoms with van der Waals surface area (Å²) < 4.78 is 4.83. The third-order valence-electron chi connectivity index (χ3n) is 6.72. The first-order valence-electron chi connectivity index (χ1n) is 12.0. The topological polar surface area (TPSA) is 83.9 Å². The number of ether oxygens (including phenoxy) is 1. The van der Waals surface area contributed by atoms with Gasteiger partial charge in [0.05, 0.1) is 24.3 Å². The van der Waals surface area contributed by atoms with Gasteiger partial charge >= 0.3 is 5.97 Å². The fourth-order valence-electron chi connectivity index (χ4n) is 4.74. The van der Waals surface area contributed by atoms with Gasteiger partial charge in [-0.15, -0.1) is 0 Å². The number of carbonyl (C=O) groups is 3. The van der Waals surface area contributed by atoms with Gasteiger partial charge in [-0.1, -0.05) is 73.7 Å². The first kappa shape index (κ1) is 24.0. The highest BCUT2D eigenvalue weighted by Crippen LogP contribution is 2.42. The van der Waals surface area contributed by atoms with Gasteiger partial charge in [-0.3, -0.25) is 14.5 Å². The van der Waals surface area contributed by atoms with E-state index in [0.29, 0.717) is 16.8 Å². The average molecular weight is 492 g/mol. The van der Waals surface area contributed by atoms with Crippen molar-refractivity contribution in [1.82, 2.24) is 0 Å². The van der Waals surface area contributed by atoms with Crippen molar-refractivity contribution in [2.45, 2.75) is 19.4 Å². The Hall–Kier alpha value is -4.71. The van der Waals surface area contributed by atoms with Gasteiger partial charge in [-0.2, -0.15) is 0 Å². The Morgan fingerprint density at radius 2 is 1.59 bits per heavy atom. The lowest BCUT2D eigenvalue weighted by atomic mass is 9.93. The molecule has 1 aliphatic heterocycles. The lowest BCUT2D eigenvalue weighted by Crippen LogP contribution is -2.29. The van der Waals surface area contributed by atoms with Crippen molar-refractivity contribution in [3.63, 3.8) is 0 Å². The Morgan fingerprint density at radius 3 is 2.30 bits per heavy atom. The zero-order valence-corrected chi connectivity index (χ0v) is 20.5. The molecular weight excluding hydrogens is 466 g/mol. The summed E-state index contributed by atoms with van der Waals surface area (Å²) in [7, 11) is 1.28. The van der Waals surface area contributed by atoms with Gasteiger partial charge < -0.3 is 9.84 Å². The van der Waals surface area contributed by atoms with Crippen LogP contribution in [0.5, 0.6) is 0 Å². The van der Waals surface area contributed by atoms with E-state index >= 15 is 0 Å². The second-order valence-electron chi connectivity index (χ2n) is 8.87. The van der Waals surface area contributed by atoms with Crippen molar-refractivity contribution < 1.29 is 24.2 Å². The summed E-state index contributed by atoms with van der Waals surface area (Å²) in [6, 6.07) is 26.2. The standard InChI is InChI=1S/C31H25NO5/c1-3-19-11-13-21(14-12-19)27-26(28(33)23-16-15-20-7-4-5-8-22(20)17-23)29(34)30(35)32(27)25-10-6-9-24(18-25)31(36)37-2/h4-18,27,33H,3H2,1-2H3/b28-26-. The summed E-state index contributed by atoms with van der Waals surface area (Å²) in [5.74, 6) is -2.38. The van der Waals surface area contributed by atoms with Gasteiger partial charge in [0.15, 0.2) is 0 Å². The third kappa shape index (κ3) is 4.27. The molecule has 0 aliphatic carbocycles. The smallest absolute Gasteiger partial charge is 0.337 e. The lowest BCUT2D eigenvalue weighted by molar-refractivity contribution is -0.132. The SMILES string of the molecule is CCc1ccc(C2/C(=C(/O)c3ccc4ccccc4c3)C(=O)C(=O)N2c2cccc(C(=O)OC)c2)cc1. The molecule has 0 saturated carbocycles. The van der Waals surface area contributed by atoms with Crippen LogP contribution < -0.4 is 4.90 Å². The van der Waals surface area contributed by atoms with E-state index in [0.717, 1.165) is 22.8 Å². The predicted octanol–water partition coefficient (Wildman–Crippen LogP) is 5.82. The third-order valence-corrected chi connectivity index (χ3v) is 6.72. The van der Waals surface area contributed by atoms with Gasteiger partial charge in [0, 0.05) is 11.3 Å². The molecule has 1 amide bonds. The van der Waals surface area contributed by atoms with Crippen molar-refractivity contribution in [2.24, 2.45) is 0 Å². The number of hydrogen-bond acceptors (Lipinski definition) is 5. The number of amides is 1. The number of esters is 1. The van der Waals surface area contributed by atoms with Gasteiger partial charge in [-0.25, -0.2) is 4.79 Å². The molecule has 6 nitrogen and oxygen atoms in total. The van der Waals surface area contributed by atoms with E-state index in [1.165, 1.54) is 18.1 Å². The number of fused-ring (bicyclic) bond motifs is 1. The largest absolute Gasteiger partial charge is 0.507 e. The summed E-state index contributed by atoms with van der Waals surface area (Å²) in [6.45, 7) is 2.04. The van der Waals surface area contributed by atoms with Crippen LogP contribution in [-0.4, -0.2) is 29.9 Å². The van der Waals surface area contributed by atoms with Crippen LogP contribution in [0.3, 0.4) is 0 Å². The number of rotatable bonds is 5. The molecule has 1 saturated heterocycles. The summed E-state index contributed by atoms with van der Waals surface area (Å²) in [5.41, 5.74) is 2.80. The molecule has 184 valence electrons. The molecule has 1 N–H and O–H groups in total. The Morgan fingerprint density at radius 1 is 0.865 bits per heavy atom. The predicted molar refractivity (Wildman–Crippen MR) is 142 cm³/mol. The summed E-state index contributed by atoms with van der Waals surface area (Å²) >= 11 is 0. The minimum atomic E-state index is -0.884. The molecule has 1 atom stereocenters. The highest BCUT2D eigenvalue weighted by molar-refractivity contribution is 6.51.